The highest BCUT2D eigenvalue weighted by Gasteiger charge is 2.21. The lowest BCUT2D eigenvalue weighted by atomic mass is 10.1. The van der Waals surface area contributed by atoms with Crippen molar-refractivity contribution in [1.29, 1.82) is 0 Å². The van der Waals surface area contributed by atoms with Gasteiger partial charge in [-0.3, -0.25) is 4.79 Å². The van der Waals surface area contributed by atoms with E-state index in [-0.39, 0.29) is 5.91 Å². The fourth-order valence-electron chi connectivity index (χ4n) is 1.61. The number of hydrogen-bond acceptors (Lipinski definition) is 2. The van der Waals surface area contributed by atoms with Gasteiger partial charge in [0.1, 0.15) is 0 Å². The van der Waals surface area contributed by atoms with E-state index >= 15 is 0 Å². The van der Waals surface area contributed by atoms with Crippen LogP contribution < -0.4 is 10.6 Å². The molecule has 86 valence electrons. The zero-order chi connectivity index (χ0) is 11.5. The van der Waals surface area contributed by atoms with Gasteiger partial charge in [0.25, 0.3) is 0 Å². The van der Waals surface area contributed by atoms with Gasteiger partial charge >= 0.3 is 0 Å². The Morgan fingerprint density at radius 3 is 2.81 bits per heavy atom. The highest BCUT2D eigenvalue weighted by Crippen LogP contribution is 2.19. The minimum absolute atomic E-state index is 0.0422. The van der Waals surface area contributed by atoms with Crippen molar-refractivity contribution in [3.63, 3.8) is 0 Å². The van der Waals surface area contributed by atoms with Gasteiger partial charge in [0.05, 0.1) is 6.54 Å². The zero-order valence-electron chi connectivity index (χ0n) is 9.84. The van der Waals surface area contributed by atoms with E-state index in [4.69, 9.17) is 0 Å². The molecule has 2 rings (SSSR count). The molecule has 1 saturated carbocycles. The maximum Gasteiger partial charge on any atom is 0.238 e. The average Bonchev–Trinajstić information content (AvgIpc) is 3.06. The molecule has 3 nitrogen and oxygen atoms in total. The number of benzene rings is 1. The lowest BCUT2D eigenvalue weighted by molar-refractivity contribution is -0.115. The summed E-state index contributed by atoms with van der Waals surface area (Å²) in [6.07, 6.45) is 2.41. The van der Waals surface area contributed by atoms with E-state index in [1.165, 1.54) is 18.4 Å². The van der Waals surface area contributed by atoms with Gasteiger partial charge in [-0.15, -0.1) is 0 Å². The number of nitrogens with one attached hydrogen (secondary N) is 2. The molecule has 1 aliphatic carbocycles. The summed E-state index contributed by atoms with van der Waals surface area (Å²) in [5, 5.41) is 6.13. The Morgan fingerprint density at radius 2 is 2.12 bits per heavy atom. The van der Waals surface area contributed by atoms with Crippen molar-refractivity contribution < 1.29 is 4.79 Å². The highest BCUT2D eigenvalue weighted by atomic mass is 16.1. The van der Waals surface area contributed by atoms with Crippen LogP contribution >= 0.6 is 0 Å². The van der Waals surface area contributed by atoms with Gasteiger partial charge in [-0.25, -0.2) is 0 Å². The van der Waals surface area contributed by atoms with E-state index in [2.05, 4.69) is 10.6 Å². The smallest absolute Gasteiger partial charge is 0.238 e. The maximum atomic E-state index is 11.6. The van der Waals surface area contributed by atoms with Crippen molar-refractivity contribution in [2.75, 3.05) is 11.9 Å². The van der Waals surface area contributed by atoms with Crippen molar-refractivity contribution in [3.8, 4) is 0 Å². The number of aryl methyl sites for hydroxylation is 1. The molecule has 0 unspecified atom stereocenters. The second kappa shape index (κ2) is 4.66. The molecule has 2 N–H and O–H groups in total. The summed E-state index contributed by atoms with van der Waals surface area (Å²) >= 11 is 0. The molecule has 1 fully saturated rings. The minimum atomic E-state index is 0.0422. The second-order valence-corrected chi connectivity index (χ2v) is 4.45. The summed E-state index contributed by atoms with van der Waals surface area (Å²) in [4.78, 5) is 11.6. The Labute approximate surface area is 96.2 Å². The third-order valence-electron chi connectivity index (χ3n) is 3.01. The van der Waals surface area contributed by atoms with Gasteiger partial charge in [-0.05, 0) is 43.9 Å². The number of carbonyl (C=O) groups excluding carboxylic acids is 1. The molecule has 0 atom stereocenters. The Bertz CT molecular complexity index is 397. The molecule has 1 amide bonds. The van der Waals surface area contributed by atoms with Crippen LogP contribution in [0.4, 0.5) is 5.69 Å². The summed E-state index contributed by atoms with van der Waals surface area (Å²) < 4.78 is 0. The lowest BCUT2D eigenvalue weighted by Gasteiger charge is -2.10. The molecule has 1 aliphatic rings. The zero-order valence-corrected chi connectivity index (χ0v) is 9.84. The van der Waals surface area contributed by atoms with Gasteiger partial charge < -0.3 is 10.6 Å². The molecule has 0 spiro atoms. The summed E-state index contributed by atoms with van der Waals surface area (Å²) in [6, 6.07) is 6.53. The molecule has 16 heavy (non-hydrogen) atoms. The Balaban J connectivity index is 1.91. The van der Waals surface area contributed by atoms with E-state index in [0.29, 0.717) is 12.6 Å². The van der Waals surface area contributed by atoms with Crippen LogP contribution in [0.1, 0.15) is 24.0 Å². The number of carbonyl (C=O) groups is 1. The van der Waals surface area contributed by atoms with Gasteiger partial charge in [-0.2, -0.15) is 0 Å². The Hall–Kier alpha value is -1.35. The van der Waals surface area contributed by atoms with Crippen LogP contribution in [0.5, 0.6) is 0 Å². The summed E-state index contributed by atoms with van der Waals surface area (Å²) in [5.74, 6) is 0.0422. The average molecular weight is 218 g/mol. The van der Waals surface area contributed by atoms with E-state index in [0.717, 1.165) is 11.3 Å². The maximum absolute atomic E-state index is 11.6. The van der Waals surface area contributed by atoms with E-state index in [1.807, 2.05) is 32.0 Å². The SMILES string of the molecule is Cc1cccc(NC(=O)CNC2CC2)c1C. The highest BCUT2D eigenvalue weighted by molar-refractivity contribution is 5.93. The Morgan fingerprint density at radius 1 is 1.38 bits per heavy atom. The van der Waals surface area contributed by atoms with Crippen LogP contribution in [-0.4, -0.2) is 18.5 Å². The molecule has 0 radical (unpaired) electrons. The topological polar surface area (TPSA) is 41.1 Å². The van der Waals surface area contributed by atoms with Gasteiger partial charge in [0, 0.05) is 11.7 Å². The molecule has 1 aromatic carbocycles. The summed E-state index contributed by atoms with van der Waals surface area (Å²) in [6.45, 7) is 4.49. The third-order valence-corrected chi connectivity index (χ3v) is 3.01. The third kappa shape index (κ3) is 2.83. The molecule has 1 aromatic rings. The number of rotatable bonds is 4. The fourth-order valence-corrected chi connectivity index (χ4v) is 1.61. The quantitative estimate of drug-likeness (QED) is 0.811. The van der Waals surface area contributed by atoms with Crippen LogP contribution in [-0.2, 0) is 4.79 Å². The predicted octanol–water partition coefficient (Wildman–Crippen LogP) is 1.99. The number of amides is 1. The van der Waals surface area contributed by atoms with Crippen molar-refractivity contribution in [1.82, 2.24) is 5.32 Å². The van der Waals surface area contributed by atoms with Gasteiger partial charge in [-0.1, -0.05) is 12.1 Å². The second-order valence-electron chi connectivity index (χ2n) is 4.45. The first kappa shape index (κ1) is 11.1. The largest absolute Gasteiger partial charge is 0.325 e. The van der Waals surface area contributed by atoms with Gasteiger partial charge in [0.2, 0.25) is 5.91 Å². The minimum Gasteiger partial charge on any atom is -0.325 e. The van der Waals surface area contributed by atoms with Crippen LogP contribution in [0, 0.1) is 13.8 Å². The first-order valence-corrected chi connectivity index (χ1v) is 5.76. The number of anilines is 1. The molecule has 0 aliphatic heterocycles. The van der Waals surface area contributed by atoms with E-state index < -0.39 is 0 Å². The van der Waals surface area contributed by atoms with Crippen molar-refractivity contribution in [3.05, 3.63) is 29.3 Å². The molecular formula is C13H18N2O. The van der Waals surface area contributed by atoms with Crippen LogP contribution in [0.25, 0.3) is 0 Å². The molecule has 0 aromatic heterocycles. The summed E-state index contributed by atoms with van der Waals surface area (Å²) in [7, 11) is 0. The van der Waals surface area contributed by atoms with Crippen molar-refractivity contribution >= 4 is 11.6 Å². The van der Waals surface area contributed by atoms with Crippen molar-refractivity contribution in [2.24, 2.45) is 0 Å². The Kier molecular flexibility index (Phi) is 3.25. The normalized spacial score (nSPS) is 14.9. The predicted molar refractivity (Wildman–Crippen MR) is 65.6 cm³/mol. The first-order chi connectivity index (χ1) is 7.66. The molecule has 3 heteroatoms. The first-order valence-electron chi connectivity index (χ1n) is 5.76. The monoisotopic (exact) mass is 218 g/mol. The van der Waals surface area contributed by atoms with Crippen LogP contribution in [0.2, 0.25) is 0 Å². The number of hydrogen-bond donors (Lipinski definition) is 2. The van der Waals surface area contributed by atoms with Crippen LogP contribution in [0.3, 0.4) is 0 Å². The molecule has 0 heterocycles. The summed E-state index contributed by atoms with van der Waals surface area (Å²) in [5.41, 5.74) is 3.26. The molecule has 0 bridgehead atoms. The van der Waals surface area contributed by atoms with E-state index in [9.17, 15) is 4.79 Å². The van der Waals surface area contributed by atoms with Crippen molar-refractivity contribution in [2.45, 2.75) is 32.7 Å². The molecular weight excluding hydrogens is 200 g/mol. The standard InChI is InChI=1S/C13H18N2O/c1-9-4-3-5-12(10(9)2)15-13(16)8-14-11-6-7-11/h3-5,11,14H,6-8H2,1-2H3,(H,15,16). The van der Waals surface area contributed by atoms with Crippen LogP contribution in [0.15, 0.2) is 18.2 Å². The fraction of sp³-hybridized carbons (Fsp3) is 0.462. The van der Waals surface area contributed by atoms with Gasteiger partial charge in [0.15, 0.2) is 0 Å². The lowest BCUT2D eigenvalue weighted by Crippen LogP contribution is -2.29. The molecule has 0 saturated heterocycles. The van der Waals surface area contributed by atoms with E-state index in [1.54, 1.807) is 0 Å².